The number of nitrogens with zero attached hydrogens (tertiary/aromatic N) is 2. The van der Waals surface area contributed by atoms with Gasteiger partial charge in [0, 0.05) is 24.1 Å². The number of carbonyl (C=O) groups excluding carboxylic acids is 1. The van der Waals surface area contributed by atoms with Crippen molar-refractivity contribution in [3.63, 3.8) is 0 Å². The molecule has 0 saturated carbocycles. The van der Waals surface area contributed by atoms with Gasteiger partial charge in [-0.25, -0.2) is 13.8 Å². The number of hydrogen-bond donors (Lipinski definition) is 2. The molecule has 0 unspecified atom stereocenters. The van der Waals surface area contributed by atoms with E-state index in [9.17, 15) is 13.6 Å². The summed E-state index contributed by atoms with van der Waals surface area (Å²) >= 11 is 0. The van der Waals surface area contributed by atoms with Crippen molar-refractivity contribution >= 4 is 5.91 Å². The first kappa shape index (κ1) is 18.5. The number of methoxy groups -OCH3 is 1. The van der Waals surface area contributed by atoms with E-state index in [1.165, 1.54) is 6.07 Å². The summed E-state index contributed by atoms with van der Waals surface area (Å²) in [5, 5.41) is 9.53. The van der Waals surface area contributed by atoms with Crippen LogP contribution in [0, 0.1) is 11.6 Å². The zero-order chi connectivity index (χ0) is 19.2. The summed E-state index contributed by atoms with van der Waals surface area (Å²) in [5.74, 6) is -0.551. The smallest absolute Gasteiger partial charge is 0.224 e. The van der Waals surface area contributed by atoms with Crippen LogP contribution in [0.25, 0.3) is 11.4 Å². The van der Waals surface area contributed by atoms with Gasteiger partial charge in [-0.3, -0.25) is 9.89 Å². The fraction of sp³-hybridized carbons (Fsp3) is 0.211. The topological polar surface area (TPSA) is 79.9 Å². The van der Waals surface area contributed by atoms with Crippen LogP contribution in [0.5, 0.6) is 5.75 Å². The lowest BCUT2D eigenvalue weighted by atomic mass is 10.1. The second kappa shape index (κ2) is 8.39. The molecule has 140 valence electrons. The number of rotatable bonds is 7. The minimum atomic E-state index is -0.956. The second-order valence-electron chi connectivity index (χ2n) is 5.82. The number of H-pyrrole nitrogens is 1. The number of hydrogen-bond acceptors (Lipinski definition) is 4. The van der Waals surface area contributed by atoms with Crippen molar-refractivity contribution in [2.45, 2.75) is 12.8 Å². The molecule has 0 atom stereocenters. The Morgan fingerprint density at radius 2 is 2.00 bits per heavy atom. The highest BCUT2D eigenvalue weighted by Crippen LogP contribution is 2.18. The van der Waals surface area contributed by atoms with Crippen LogP contribution in [-0.2, 0) is 17.6 Å². The van der Waals surface area contributed by atoms with Gasteiger partial charge in [0.15, 0.2) is 17.5 Å². The molecule has 1 heterocycles. The average Bonchev–Trinajstić information content (AvgIpc) is 3.13. The molecule has 0 bridgehead atoms. The highest BCUT2D eigenvalue weighted by atomic mass is 19.2. The zero-order valence-corrected chi connectivity index (χ0v) is 14.6. The van der Waals surface area contributed by atoms with E-state index >= 15 is 0 Å². The molecule has 0 saturated heterocycles. The zero-order valence-electron chi connectivity index (χ0n) is 14.6. The third-order valence-corrected chi connectivity index (χ3v) is 3.94. The number of aromatic amines is 1. The molecule has 3 rings (SSSR count). The van der Waals surface area contributed by atoms with Gasteiger partial charge in [0.2, 0.25) is 5.91 Å². The summed E-state index contributed by atoms with van der Waals surface area (Å²) in [6.07, 6.45) is 0.634. The van der Waals surface area contributed by atoms with Gasteiger partial charge in [-0.15, -0.1) is 0 Å². The number of benzene rings is 2. The monoisotopic (exact) mass is 372 g/mol. The van der Waals surface area contributed by atoms with E-state index in [0.717, 1.165) is 17.7 Å². The predicted molar refractivity (Wildman–Crippen MR) is 95.1 cm³/mol. The van der Waals surface area contributed by atoms with E-state index in [2.05, 4.69) is 20.5 Å². The maximum absolute atomic E-state index is 13.3. The Morgan fingerprint density at radius 3 is 2.78 bits per heavy atom. The Labute approximate surface area is 154 Å². The first-order valence-electron chi connectivity index (χ1n) is 8.32. The molecular formula is C19H18F2N4O2. The van der Waals surface area contributed by atoms with E-state index in [1.54, 1.807) is 13.2 Å². The van der Waals surface area contributed by atoms with Crippen LogP contribution < -0.4 is 10.1 Å². The summed E-state index contributed by atoms with van der Waals surface area (Å²) in [4.78, 5) is 16.3. The van der Waals surface area contributed by atoms with Crippen molar-refractivity contribution in [2.24, 2.45) is 0 Å². The van der Waals surface area contributed by atoms with Gasteiger partial charge in [-0.2, -0.15) is 5.10 Å². The standard InChI is InChI=1S/C19H18F2N4O2/c1-27-16-5-3-2-4-12(16)11-18(26)22-9-8-17-23-19(25-24-17)13-6-7-14(20)15(21)10-13/h2-7,10H,8-9,11H2,1H3,(H,22,26)(H,23,24,25). The lowest BCUT2D eigenvalue weighted by Crippen LogP contribution is -2.27. The van der Waals surface area contributed by atoms with Gasteiger partial charge in [-0.1, -0.05) is 18.2 Å². The van der Waals surface area contributed by atoms with E-state index in [-0.39, 0.29) is 18.2 Å². The van der Waals surface area contributed by atoms with Gasteiger partial charge >= 0.3 is 0 Å². The summed E-state index contributed by atoms with van der Waals surface area (Å²) in [6, 6.07) is 10.8. The average molecular weight is 372 g/mol. The normalized spacial score (nSPS) is 10.6. The Hall–Kier alpha value is -3.29. The summed E-state index contributed by atoms with van der Waals surface area (Å²) < 4.78 is 31.5. The van der Waals surface area contributed by atoms with Crippen LogP contribution in [0.3, 0.4) is 0 Å². The Morgan fingerprint density at radius 1 is 1.19 bits per heavy atom. The van der Waals surface area contributed by atoms with Gasteiger partial charge in [0.25, 0.3) is 0 Å². The summed E-state index contributed by atoms with van der Waals surface area (Å²) in [5.41, 5.74) is 1.18. The van der Waals surface area contributed by atoms with Crippen LogP contribution in [0.1, 0.15) is 11.4 Å². The number of halogens is 2. The molecule has 0 fully saturated rings. The summed E-state index contributed by atoms with van der Waals surface area (Å²) in [7, 11) is 1.56. The van der Waals surface area contributed by atoms with Gasteiger partial charge in [0.1, 0.15) is 11.6 Å². The molecule has 0 aliphatic heterocycles. The van der Waals surface area contributed by atoms with Gasteiger partial charge in [0.05, 0.1) is 13.5 Å². The number of nitrogens with one attached hydrogen (secondary N) is 2. The fourth-order valence-corrected chi connectivity index (χ4v) is 2.58. The molecule has 0 spiro atoms. The maximum Gasteiger partial charge on any atom is 0.224 e. The minimum absolute atomic E-state index is 0.139. The fourth-order valence-electron chi connectivity index (χ4n) is 2.58. The second-order valence-corrected chi connectivity index (χ2v) is 5.82. The molecule has 2 N–H and O–H groups in total. The Bertz CT molecular complexity index is 943. The van der Waals surface area contributed by atoms with Crippen molar-refractivity contribution < 1.29 is 18.3 Å². The van der Waals surface area contributed by atoms with Gasteiger partial charge < -0.3 is 10.1 Å². The van der Waals surface area contributed by atoms with Crippen molar-refractivity contribution in [3.8, 4) is 17.1 Å². The van der Waals surface area contributed by atoms with Crippen molar-refractivity contribution in [1.29, 1.82) is 0 Å². The Kier molecular flexibility index (Phi) is 5.75. The number of carbonyl (C=O) groups is 1. The minimum Gasteiger partial charge on any atom is -0.496 e. The third kappa shape index (κ3) is 4.66. The van der Waals surface area contributed by atoms with Crippen molar-refractivity contribution in [1.82, 2.24) is 20.5 Å². The largest absolute Gasteiger partial charge is 0.496 e. The van der Waals surface area contributed by atoms with E-state index in [0.29, 0.717) is 30.1 Å². The molecule has 1 amide bonds. The molecule has 0 radical (unpaired) electrons. The number of para-hydroxylation sites is 1. The van der Waals surface area contributed by atoms with Crippen molar-refractivity contribution in [2.75, 3.05) is 13.7 Å². The molecule has 0 aliphatic rings. The lowest BCUT2D eigenvalue weighted by molar-refractivity contribution is -0.120. The molecule has 0 aliphatic carbocycles. The van der Waals surface area contributed by atoms with E-state index in [4.69, 9.17) is 4.74 Å². The first-order chi connectivity index (χ1) is 13.1. The third-order valence-electron chi connectivity index (χ3n) is 3.94. The molecule has 2 aromatic carbocycles. The molecular weight excluding hydrogens is 354 g/mol. The lowest BCUT2D eigenvalue weighted by Gasteiger charge is -2.08. The SMILES string of the molecule is COc1ccccc1CC(=O)NCCc1nc(-c2ccc(F)c(F)c2)n[nH]1. The molecule has 1 aromatic heterocycles. The van der Waals surface area contributed by atoms with E-state index < -0.39 is 11.6 Å². The molecule has 8 heteroatoms. The molecule has 3 aromatic rings. The molecule has 27 heavy (non-hydrogen) atoms. The van der Waals surface area contributed by atoms with Crippen LogP contribution in [0.15, 0.2) is 42.5 Å². The van der Waals surface area contributed by atoms with Crippen LogP contribution in [-0.4, -0.2) is 34.7 Å². The van der Waals surface area contributed by atoms with E-state index in [1.807, 2.05) is 18.2 Å². The van der Waals surface area contributed by atoms with Gasteiger partial charge in [-0.05, 0) is 24.3 Å². The highest BCUT2D eigenvalue weighted by molar-refractivity contribution is 5.79. The molecule has 6 nitrogen and oxygen atoms in total. The van der Waals surface area contributed by atoms with Crippen LogP contribution in [0.2, 0.25) is 0 Å². The quantitative estimate of drug-likeness (QED) is 0.668. The highest BCUT2D eigenvalue weighted by Gasteiger charge is 2.11. The number of amides is 1. The first-order valence-corrected chi connectivity index (χ1v) is 8.32. The Balaban J connectivity index is 1.53. The number of ether oxygens (including phenoxy) is 1. The van der Waals surface area contributed by atoms with Crippen LogP contribution >= 0.6 is 0 Å². The van der Waals surface area contributed by atoms with Crippen molar-refractivity contribution in [3.05, 3.63) is 65.5 Å². The van der Waals surface area contributed by atoms with Crippen LogP contribution in [0.4, 0.5) is 8.78 Å². The number of aromatic nitrogens is 3. The predicted octanol–water partition coefficient (Wildman–Crippen LogP) is 2.66. The summed E-state index contributed by atoms with van der Waals surface area (Å²) in [6.45, 7) is 0.362. The maximum atomic E-state index is 13.3.